The molecule has 0 aliphatic carbocycles. The highest BCUT2D eigenvalue weighted by molar-refractivity contribution is 7.89. The van der Waals surface area contributed by atoms with Crippen LogP contribution < -0.4 is 9.46 Å². The highest BCUT2D eigenvalue weighted by Gasteiger charge is 2.32. The summed E-state index contributed by atoms with van der Waals surface area (Å²) < 4.78 is 39.8. The van der Waals surface area contributed by atoms with E-state index in [1.807, 2.05) is 57.2 Å². The van der Waals surface area contributed by atoms with Gasteiger partial charge < -0.3 is 9.47 Å². The van der Waals surface area contributed by atoms with Gasteiger partial charge in [0.05, 0.1) is 6.61 Å². The van der Waals surface area contributed by atoms with Gasteiger partial charge in [0.15, 0.2) is 0 Å². The maximum Gasteiger partial charge on any atom is 0.244 e. The van der Waals surface area contributed by atoms with E-state index in [1.54, 1.807) is 19.2 Å². The van der Waals surface area contributed by atoms with Gasteiger partial charge in [0.25, 0.3) is 0 Å². The molecule has 1 unspecified atom stereocenters. The van der Waals surface area contributed by atoms with E-state index in [0.29, 0.717) is 18.8 Å². The summed E-state index contributed by atoms with van der Waals surface area (Å²) in [6, 6.07) is 14.8. The maximum atomic E-state index is 12.9. The second kappa shape index (κ2) is 8.66. The topological polar surface area (TPSA) is 64.6 Å². The summed E-state index contributed by atoms with van der Waals surface area (Å²) in [7, 11) is -2.15. The molecule has 0 bridgehead atoms. The van der Waals surface area contributed by atoms with Crippen molar-refractivity contribution >= 4 is 10.0 Å². The monoisotopic (exact) mass is 377 g/mol. The van der Waals surface area contributed by atoms with Crippen LogP contribution in [0, 0.1) is 6.92 Å². The van der Waals surface area contributed by atoms with E-state index >= 15 is 0 Å². The zero-order chi connectivity index (χ0) is 19.2. The Kier molecular flexibility index (Phi) is 6.81. The smallest absolute Gasteiger partial charge is 0.244 e. The number of methoxy groups -OCH3 is 1. The van der Waals surface area contributed by atoms with Crippen molar-refractivity contribution in [3.8, 4) is 5.75 Å². The number of aryl methyl sites for hydroxylation is 1. The first-order valence-electron chi connectivity index (χ1n) is 8.72. The van der Waals surface area contributed by atoms with Crippen LogP contribution in [0.4, 0.5) is 0 Å². The first-order valence-corrected chi connectivity index (χ1v) is 10.2. The number of ether oxygens (including phenoxy) is 2. The van der Waals surface area contributed by atoms with Gasteiger partial charge in [-0.05, 0) is 43.5 Å². The van der Waals surface area contributed by atoms with Gasteiger partial charge in [0.1, 0.15) is 16.2 Å². The number of hydrogen-bond acceptors (Lipinski definition) is 4. The minimum atomic E-state index is -3.75. The first-order chi connectivity index (χ1) is 12.4. The second-order valence-electron chi connectivity index (χ2n) is 6.13. The summed E-state index contributed by atoms with van der Waals surface area (Å²) in [5, 5.41) is 0. The van der Waals surface area contributed by atoms with E-state index in [0.717, 1.165) is 11.1 Å². The third-order valence-corrected chi connectivity index (χ3v) is 5.92. The number of nitrogens with one attached hydrogen (secondary N) is 1. The molecule has 2 aromatic carbocycles. The average Bonchev–Trinajstić information content (AvgIpc) is 2.65. The molecule has 1 atom stereocenters. The van der Waals surface area contributed by atoms with E-state index in [2.05, 4.69) is 4.72 Å². The van der Waals surface area contributed by atoms with Gasteiger partial charge in [-0.15, -0.1) is 0 Å². The van der Waals surface area contributed by atoms with Crippen molar-refractivity contribution < 1.29 is 17.9 Å². The molecule has 0 aromatic heterocycles. The summed E-state index contributed by atoms with van der Waals surface area (Å²) in [6.07, 6.45) is 0.627. The Labute approximate surface area is 156 Å². The molecular formula is C20H27NO4S. The Hall–Kier alpha value is -1.89. The summed E-state index contributed by atoms with van der Waals surface area (Å²) >= 11 is 0. The highest BCUT2D eigenvalue weighted by Crippen LogP contribution is 2.30. The first kappa shape index (κ1) is 20.4. The van der Waals surface area contributed by atoms with Crippen LogP contribution in [0.2, 0.25) is 0 Å². The Morgan fingerprint density at radius 3 is 2.35 bits per heavy atom. The van der Waals surface area contributed by atoms with Crippen molar-refractivity contribution in [3.63, 3.8) is 0 Å². The molecule has 2 rings (SSSR count). The molecule has 5 nitrogen and oxygen atoms in total. The fourth-order valence-corrected chi connectivity index (χ4v) is 4.21. The fraction of sp³-hybridized carbons (Fsp3) is 0.400. The largest absolute Gasteiger partial charge is 0.492 e. The lowest BCUT2D eigenvalue weighted by molar-refractivity contribution is -0.0133. The molecule has 0 spiro atoms. The quantitative estimate of drug-likeness (QED) is 0.725. The van der Waals surface area contributed by atoms with Gasteiger partial charge in [-0.3, -0.25) is 0 Å². The van der Waals surface area contributed by atoms with Crippen LogP contribution in [-0.2, 0) is 20.4 Å². The normalized spacial score (nSPS) is 14.0. The van der Waals surface area contributed by atoms with Crippen LogP contribution in [0.3, 0.4) is 0 Å². The van der Waals surface area contributed by atoms with E-state index < -0.39 is 15.6 Å². The second-order valence-corrected chi connectivity index (χ2v) is 7.86. The van der Waals surface area contributed by atoms with E-state index in [4.69, 9.17) is 9.47 Å². The molecule has 6 heteroatoms. The molecule has 26 heavy (non-hydrogen) atoms. The Morgan fingerprint density at radius 2 is 1.77 bits per heavy atom. The van der Waals surface area contributed by atoms with Gasteiger partial charge in [-0.2, -0.15) is 0 Å². The lowest BCUT2D eigenvalue weighted by Crippen LogP contribution is -2.42. The van der Waals surface area contributed by atoms with Crippen molar-refractivity contribution in [2.45, 2.75) is 37.7 Å². The average molecular weight is 378 g/mol. The lowest BCUT2D eigenvalue weighted by atomic mass is 9.91. The summed E-state index contributed by atoms with van der Waals surface area (Å²) in [5.41, 5.74) is 1.05. The van der Waals surface area contributed by atoms with Gasteiger partial charge in [-0.1, -0.05) is 43.3 Å². The molecule has 0 heterocycles. The SMILES string of the molecule is CCOc1ccc(C)cc1S(=O)(=O)NCC(CC)(OC)c1ccccc1. The summed E-state index contributed by atoms with van der Waals surface area (Å²) in [4.78, 5) is 0.147. The summed E-state index contributed by atoms with van der Waals surface area (Å²) in [5.74, 6) is 0.352. The number of hydrogen-bond donors (Lipinski definition) is 1. The number of sulfonamides is 1. The van der Waals surface area contributed by atoms with Crippen LogP contribution in [0.1, 0.15) is 31.4 Å². The zero-order valence-corrected chi connectivity index (χ0v) is 16.6. The zero-order valence-electron chi connectivity index (χ0n) is 15.8. The third kappa shape index (κ3) is 4.44. The van der Waals surface area contributed by atoms with Crippen LogP contribution in [0.25, 0.3) is 0 Å². The van der Waals surface area contributed by atoms with Gasteiger partial charge in [0, 0.05) is 13.7 Å². The molecule has 0 saturated heterocycles. The number of benzene rings is 2. The maximum absolute atomic E-state index is 12.9. The minimum absolute atomic E-state index is 0.131. The number of rotatable bonds is 9. The fourth-order valence-electron chi connectivity index (χ4n) is 2.90. The third-order valence-electron chi connectivity index (χ3n) is 4.50. The molecule has 0 aliphatic rings. The molecule has 0 fully saturated rings. The predicted molar refractivity (Wildman–Crippen MR) is 103 cm³/mol. The van der Waals surface area contributed by atoms with E-state index in [-0.39, 0.29) is 11.4 Å². The summed E-state index contributed by atoms with van der Waals surface area (Å²) in [6.45, 7) is 6.18. The van der Waals surface area contributed by atoms with Crippen molar-refractivity contribution in [1.82, 2.24) is 4.72 Å². The molecule has 2 aromatic rings. The lowest BCUT2D eigenvalue weighted by Gasteiger charge is -2.32. The highest BCUT2D eigenvalue weighted by atomic mass is 32.2. The van der Waals surface area contributed by atoms with Crippen molar-refractivity contribution in [2.24, 2.45) is 0 Å². The Balaban J connectivity index is 2.33. The molecule has 0 radical (unpaired) electrons. The molecular weight excluding hydrogens is 350 g/mol. The Morgan fingerprint density at radius 1 is 1.08 bits per heavy atom. The predicted octanol–water partition coefficient (Wildman–Crippen LogP) is 3.62. The van der Waals surface area contributed by atoms with Crippen LogP contribution in [-0.4, -0.2) is 28.7 Å². The van der Waals surface area contributed by atoms with Crippen molar-refractivity contribution in [2.75, 3.05) is 20.3 Å². The van der Waals surface area contributed by atoms with E-state index in [1.165, 1.54) is 0 Å². The standard InChI is InChI=1S/C20H27NO4S/c1-5-20(24-4,17-10-8-7-9-11-17)15-21-26(22,23)19-14-16(3)12-13-18(19)25-6-2/h7-14,21H,5-6,15H2,1-4H3. The van der Waals surface area contributed by atoms with Crippen LogP contribution >= 0.6 is 0 Å². The molecule has 142 valence electrons. The molecule has 0 saturated carbocycles. The Bertz CT molecular complexity index is 815. The van der Waals surface area contributed by atoms with Gasteiger partial charge >= 0.3 is 0 Å². The van der Waals surface area contributed by atoms with Crippen LogP contribution in [0.15, 0.2) is 53.4 Å². The molecule has 0 aliphatic heterocycles. The minimum Gasteiger partial charge on any atom is -0.492 e. The van der Waals surface area contributed by atoms with Gasteiger partial charge in [-0.25, -0.2) is 13.1 Å². The molecule has 0 amide bonds. The van der Waals surface area contributed by atoms with Crippen molar-refractivity contribution in [3.05, 3.63) is 59.7 Å². The van der Waals surface area contributed by atoms with Crippen molar-refractivity contribution in [1.29, 1.82) is 0 Å². The molecule has 1 N–H and O–H groups in total. The van der Waals surface area contributed by atoms with Crippen LogP contribution in [0.5, 0.6) is 5.75 Å². The van der Waals surface area contributed by atoms with E-state index in [9.17, 15) is 8.42 Å². The van der Waals surface area contributed by atoms with Gasteiger partial charge in [0.2, 0.25) is 10.0 Å².